The molecule has 0 saturated heterocycles. The van der Waals surface area contributed by atoms with Crippen molar-refractivity contribution < 1.29 is 28.9 Å². The number of benzene rings is 2. The lowest BCUT2D eigenvalue weighted by molar-refractivity contribution is -0.140. The molecule has 168 valence electrons. The maximum absolute atomic E-state index is 14.2. The smallest absolute Gasteiger partial charge is 0.252 e. The lowest BCUT2D eigenvalue weighted by atomic mass is 9.94. The van der Waals surface area contributed by atoms with Crippen molar-refractivity contribution in [3.05, 3.63) is 65.7 Å². The highest BCUT2D eigenvalue weighted by Gasteiger charge is 2.34. The summed E-state index contributed by atoms with van der Waals surface area (Å²) in [5.74, 6) is -2.72. The monoisotopic (exact) mass is 444 g/mol. The second-order valence-electron chi connectivity index (χ2n) is 7.33. The van der Waals surface area contributed by atoms with E-state index in [1.807, 2.05) is 0 Å². The number of primary amides is 1. The van der Waals surface area contributed by atoms with E-state index in [0.717, 1.165) is 12.1 Å². The number of nitrogens with two attached hydrogens (primary N) is 2. The fourth-order valence-electron chi connectivity index (χ4n) is 3.17. The van der Waals surface area contributed by atoms with Crippen LogP contribution in [0.4, 0.5) is 26.0 Å². The summed E-state index contributed by atoms with van der Waals surface area (Å²) in [6, 6.07) is 10.7. The number of carbonyl (C=O) groups is 1. The molecule has 0 saturated carbocycles. The molecule has 1 heterocycles. The molecule has 3 aromatic rings. The Balaban J connectivity index is 1.96. The van der Waals surface area contributed by atoms with Gasteiger partial charge in [-0.05, 0) is 42.0 Å². The number of rotatable bonds is 7. The number of aromatic nitrogens is 1. The van der Waals surface area contributed by atoms with Gasteiger partial charge < -0.3 is 31.7 Å². The van der Waals surface area contributed by atoms with Crippen LogP contribution in [-0.2, 0) is 11.2 Å². The first-order chi connectivity index (χ1) is 15.1. The summed E-state index contributed by atoms with van der Waals surface area (Å²) in [7, 11) is 1.58. The first-order valence-corrected chi connectivity index (χ1v) is 9.46. The van der Waals surface area contributed by atoms with E-state index in [4.69, 9.17) is 11.5 Å². The van der Waals surface area contributed by atoms with E-state index in [9.17, 15) is 28.9 Å². The molecule has 0 fully saturated rings. The Morgan fingerprint density at radius 2 is 1.88 bits per heavy atom. The number of aliphatic hydroxyl groups excluding tert-OH is 1. The van der Waals surface area contributed by atoms with Crippen LogP contribution < -0.4 is 16.4 Å². The van der Waals surface area contributed by atoms with Gasteiger partial charge in [-0.1, -0.05) is 6.07 Å². The van der Waals surface area contributed by atoms with Crippen molar-refractivity contribution in [2.24, 2.45) is 5.73 Å². The molecule has 1 atom stereocenters. The summed E-state index contributed by atoms with van der Waals surface area (Å²) in [4.78, 5) is 17.1. The SMILES string of the molecule is CN(c1ccc(O)c(-c2ccc(CC(O)(CO)C(N)=O)c(N)n2)c1)c1ccc(F)cc1F. The van der Waals surface area contributed by atoms with Crippen LogP contribution in [0.2, 0.25) is 0 Å². The maximum Gasteiger partial charge on any atom is 0.252 e. The van der Waals surface area contributed by atoms with E-state index < -0.39 is 29.7 Å². The molecule has 7 N–H and O–H groups in total. The molecule has 3 rings (SSSR count). The zero-order chi connectivity index (χ0) is 23.6. The molecule has 1 aromatic heterocycles. The van der Waals surface area contributed by atoms with Gasteiger partial charge in [0.05, 0.1) is 18.0 Å². The molecular weight excluding hydrogens is 422 g/mol. The van der Waals surface area contributed by atoms with Gasteiger partial charge in [-0.25, -0.2) is 13.8 Å². The number of aliphatic hydroxyl groups is 2. The third-order valence-electron chi connectivity index (χ3n) is 5.13. The molecule has 0 radical (unpaired) electrons. The predicted octanol–water partition coefficient (Wildman–Crippen LogP) is 1.83. The first-order valence-electron chi connectivity index (χ1n) is 9.46. The highest BCUT2D eigenvalue weighted by atomic mass is 19.1. The maximum atomic E-state index is 14.2. The molecule has 0 spiro atoms. The molecular formula is C22H22F2N4O4. The number of hydrogen-bond acceptors (Lipinski definition) is 7. The Kier molecular flexibility index (Phi) is 6.28. The number of anilines is 3. The molecule has 8 nitrogen and oxygen atoms in total. The van der Waals surface area contributed by atoms with Crippen molar-refractivity contribution in [1.82, 2.24) is 4.98 Å². The summed E-state index contributed by atoms with van der Waals surface area (Å²) < 4.78 is 27.4. The molecule has 1 amide bonds. The molecule has 0 bridgehead atoms. The predicted molar refractivity (Wildman–Crippen MR) is 115 cm³/mol. The van der Waals surface area contributed by atoms with Crippen LogP contribution in [0.3, 0.4) is 0 Å². The number of phenolic OH excluding ortho intramolecular Hbond substituents is 1. The fourth-order valence-corrected chi connectivity index (χ4v) is 3.17. The van der Waals surface area contributed by atoms with Gasteiger partial charge in [0.1, 0.15) is 23.2 Å². The lowest BCUT2D eigenvalue weighted by Crippen LogP contribution is -2.49. The molecule has 2 aromatic carbocycles. The second-order valence-corrected chi connectivity index (χ2v) is 7.33. The summed E-state index contributed by atoms with van der Waals surface area (Å²) in [6.45, 7) is -0.890. The second kappa shape index (κ2) is 8.77. The Morgan fingerprint density at radius 1 is 1.16 bits per heavy atom. The summed E-state index contributed by atoms with van der Waals surface area (Å²) in [6.07, 6.45) is -0.351. The van der Waals surface area contributed by atoms with Gasteiger partial charge in [-0.3, -0.25) is 4.79 Å². The van der Waals surface area contributed by atoms with Crippen molar-refractivity contribution >= 4 is 23.1 Å². The minimum atomic E-state index is -2.19. The van der Waals surface area contributed by atoms with Crippen molar-refractivity contribution in [3.8, 4) is 17.0 Å². The topological polar surface area (TPSA) is 146 Å². The highest BCUT2D eigenvalue weighted by molar-refractivity contribution is 5.84. The number of phenols is 1. The van der Waals surface area contributed by atoms with Crippen LogP contribution in [0.15, 0.2) is 48.5 Å². The number of hydrogen-bond donors (Lipinski definition) is 5. The van der Waals surface area contributed by atoms with Crippen LogP contribution in [0.1, 0.15) is 5.56 Å². The van der Waals surface area contributed by atoms with E-state index in [0.29, 0.717) is 5.69 Å². The Labute approximate surface area is 182 Å². The van der Waals surface area contributed by atoms with Crippen molar-refractivity contribution in [2.45, 2.75) is 12.0 Å². The standard InChI is InChI=1S/C22H22F2N4O4/c1-28(18-6-3-13(23)8-16(18)24)14-4-7-19(30)15(9-14)17-5-2-12(20(25)27-17)10-22(32,11-29)21(26)31/h2-9,29-30,32H,10-11H2,1H3,(H2,25,27)(H2,26,31). The average Bonchev–Trinajstić information content (AvgIpc) is 2.75. The van der Waals surface area contributed by atoms with Crippen molar-refractivity contribution in [3.63, 3.8) is 0 Å². The van der Waals surface area contributed by atoms with Gasteiger partial charge in [-0.2, -0.15) is 0 Å². The van der Waals surface area contributed by atoms with Crippen LogP contribution in [0.5, 0.6) is 5.75 Å². The normalized spacial score (nSPS) is 12.9. The summed E-state index contributed by atoms with van der Waals surface area (Å²) >= 11 is 0. The first kappa shape index (κ1) is 22.9. The van der Waals surface area contributed by atoms with Gasteiger partial charge in [0.25, 0.3) is 5.91 Å². The van der Waals surface area contributed by atoms with Gasteiger partial charge in [-0.15, -0.1) is 0 Å². The quantitative estimate of drug-likeness (QED) is 0.374. The number of pyridine rings is 1. The Morgan fingerprint density at radius 3 is 2.47 bits per heavy atom. The Bertz CT molecular complexity index is 1170. The van der Waals surface area contributed by atoms with Gasteiger partial charge in [0.15, 0.2) is 5.60 Å². The number of amides is 1. The zero-order valence-corrected chi connectivity index (χ0v) is 17.1. The highest BCUT2D eigenvalue weighted by Crippen LogP contribution is 2.35. The zero-order valence-electron chi connectivity index (χ0n) is 17.1. The molecule has 10 heteroatoms. The molecule has 0 aliphatic rings. The average molecular weight is 444 g/mol. The van der Waals surface area contributed by atoms with Crippen LogP contribution >= 0.6 is 0 Å². The third-order valence-corrected chi connectivity index (χ3v) is 5.13. The van der Waals surface area contributed by atoms with E-state index in [-0.39, 0.29) is 40.5 Å². The number of carbonyl (C=O) groups excluding carboxylic acids is 1. The molecule has 0 aliphatic carbocycles. The number of aromatic hydroxyl groups is 1. The van der Waals surface area contributed by atoms with Gasteiger partial charge in [0, 0.05) is 30.8 Å². The lowest BCUT2D eigenvalue weighted by Gasteiger charge is -2.23. The van der Waals surface area contributed by atoms with Crippen LogP contribution in [-0.4, -0.2) is 45.5 Å². The molecule has 0 aliphatic heterocycles. The van der Waals surface area contributed by atoms with Crippen LogP contribution in [0.25, 0.3) is 11.3 Å². The summed E-state index contributed by atoms with van der Waals surface area (Å²) in [5, 5.41) is 29.8. The van der Waals surface area contributed by atoms with E-state index in [2.05, 4.69) is 4.98 Å². The number of nitrogens with zero attached hydrogens (tertiary/aromatic N) is 2. The third kappa shape index (κ3) is 4.46. The summed E-state index contributed by atoms with van der Waals surface area (Å²) in [5.41, 5.74) is 10.3. The minimum Gasteiger partial charge on any atom is -0.507 e. The number of halogens is 2. The largest absolute Gasteiger partial charge is 0.507 e. The number of nitrogen functional groups attached to an aromatic ring is 1. The van der Waals surface area contributed by atoms with Crippen LogP contribution in [0, 0.1) is 11.6 Å². The van der Waals surface area contributed by atoms with Gasteiger partial charge >= 0.3 is 0 Å². The molecule has 1 unspecified atom stereocenters. The fraction of sp³-hybridized carbons (Fsp3) is 0.182. The van der Waals surface area contributed by atoms with Crippen molar-refractivity contribution in [1.29, 1.82) is 0 Å². The molecule has 32 heavy (non-hydrogen) atoms. The van der Waals surface area contributed by atoms with Gasteiger partial charge in [0.2, 0.25) is 0 Å². The van der Waals surface area contributed by atoms with E-state index in [1.54, 1.807) is 19.2 Å². The minimum absolute atomic E-state index is 0.0432. The van der Waals surface area contributed by atoms with E-state index in [1.165, 1.54) is 29.2 Å². The van der Waals surface area contributed by atoms with E-state index >= 15 is 0 Å². The Hall–Kier alpha value is -3.76. The van der Waals surface area contributed by atoms with Crippen molar-refractivity contribution in [2.75, 3.05) is 24.3 Å².